The summed E-state index contributed by atoms with van der Waals surface area (Å²) in [4.78, 5) is 4.55. The van der Waals surface area contributed by atoms with E-state index in [9.17, 15) is 9.65 Å². The summed E-state index contributed by atoms with van der Waals surface area (Å²) in [5.74, 6) is -0.396. The molecule has 0 aliphatic heterocycles. The van der Waals surface area contributed by atoms with Gasteiger partial charge >= 0.3 is 0 Å². The summed E-state index contributed by atoms with van der Waals surface area (Å²) in [5.41, 5.74) is 5.25. The summed E-state index contributed by atoms with van der Waals surface area (Å²) < 4.78 is 14.8. The molecule has 2 aromatic carbocycles. The molecule has 1 atom stereocenters. The van der Waals surface area contributed by atoms with Gasteiger partial charge in [-0.15, -0.1) is 0 Å². The summed E-state index contributed by atoms with van der Waals surface area (Å²) >= 11 is 0. The van der Waals surface area contributed by atoms with Crippen LogP contribution in [0.25, 0.3) is 11.1 Å². The highest BCUT2D eigenvalue weighted by atomic mass is 19.1. The number of halogens is 1. The minimum absolute atomic E-state index is 0.0234. The lowest BCUT2D eigenvalue weighted by atomic mass is 9.86. The van der Waals surface area contributed by atoms with Gasteiger partial charge in [0.2, 0.25) is 0 Å². The normalized spacial score (nSPS) is 12.0. The standard InChI is InChI=1S/C25H30FN3/c1-6-10-11-18-12-13-19(14-23(18)28-8-3)20-15-22(26)21(16-27)25(29-9-4)24(20)17(5)7-2/h8-9,12-15,17,29H,4,6-7,10-11H2,1-3,5H3. The van der Waals surface area contributed by atoms with E-state index in [1.807, 2.05) is 25.1 Å². The fraction of sp³-hybridized carbons (Fsp3) is 0.360. The van der Waals surface area contributed by atoms with Crippen molar-refractivity contribution >= 4 is 17.6 Å². The van der Waals surface area contributed by atoms with Crippen molar-refractivity contribution in [2.24, 2.45) is 4.99 Å². The monoisotopic (exact) mass is 391 g/mol. The Balaban J connectivity index is 2.78. The third-order valence-corrected chi connectivity index (χ3v) is 5.25. The Morgan fingerprint density at radius 2 is 2.07 bits per heavy atom. The van der Waals surface area contributed by atoms with E-state index >= 15 is 0 Å². The molecule has 0 aliphatic rings. The molecule has 3 nitrogen and oxygen atoms in total. The van der Waals surface area contributed by atoms with Gasteiger partial charge in [-0.2, -0.15) is 5.26 Å². The minimum atomic E-state index is -0.533. The van der Waals surface area contributed by atoms with E-state index in [-0.39, 0.29) is 11.5 Å². The number of aliphatic imine (C=N–C) groups is 1. The Bertz CT molecular complexity index is 938. The van der Waals surface area contributed by atoms with Gasteiger partial charge in [0.15, 0.2) is 0 Å². The highest BCUT2D eigenvalue weighted by Gasteiger charge is 2.22. The molecule has 0 saturated heterocycles. The molecule has 0 fully saturated rings. The summed E-state index contributed by atoms with van der Waals surface area (Å²) in [7, 11) is 0. The lowest BCUT2D eigenvalue weighted by molar-refractivity contribution is 0.622. The van der Waals surface area contributed by atoms with Crippen molar-refractivity contribution in [3.05, 3.63) is 59.6 Å². The largest absolute Gasteiger partial charge is 0.361 e. The topological polar surface area (TPSA) is 48.2 Å². The number of nitriles is 1. The molecule has 0 heterocycles. The van der Waals surface area contributed by atoms with Gasteiger partial charge in [0.1, 0.15) is 17.4 Å². The first kappa shape index (κ1) is 22.4. The third kappa shape index (κ3) is 4.92. The molecule has 0 bridgehead atoms. The summed E-state index contributed by atoms with van der Waals surface area (Å²) in [6.07, 6.45) is 7.33. The first-order valence-electron chi connectivity index (χ1n) is 10.3. The van der Waals surface area contributed by atoms with Crippen LogP contribution in [0.4, 0.5) is 15.8 Å². The molecule has 2 aromatic rings. The van der Waals surface area contributed by atoms with Crippen LogP contribution in [0.2, 0.25) is 0 Å². The third-order valence-electron chi connectivity index (χ3n) is 5.25. The first-order chi connectivity index (χ1) is 14.0. The van der Waals surface area contributed by atoms with Crippen molar-refractivity contribution in [1.82, 2.24) is 0 Å². The van der Waals surface area contributed by atoms with Crippen molar-refractivity contribution in [2.45, 2.75) is 59.3 Å². The van der Waals surface area contributed by atoms with E-state index in [2.05, 4.69) is 43.7 Å². The van der Waals surface area contributed by atoms with Crippen LogP contribution in [-0.4, -0.2) is 6.21 Å². The second-order valence-corrected chi connectivity index (χ2v) is 7.17. The van der Waals surface area contributed by atoms with Crippen LogP contribution in [0.1, 0.15) is 69.6 Å². The van der Waals surface area contributed by atoms with E-state index < -0.39 is 5.82 Å². The van der Waals surface area contributed by atoms with Gasteiger partial charge in [-0.05, 0) is 72.7 Å². The van der Waals surface area contributed by atoms with E-state index in [1.165, 1.54) is 17.8 Å². The molecule has 1 unspecified atom stereocenters. The minimum Gasteiger partial charge on any atom is -0.361 e. The molecular formula is C25H30FN3. The molecule has 4 heteroatoms. The molecule has 2 rings (SSSR count). The van der Waals surface area contributed by atoms with Crippen molar-refractivity contribution in [1.29, 1.82) is 5.26 Å². The second kappa shape index (κ2) is 10.6. The first-order valence-corrected chi connectivity index (χ1v) is 10.3. The molecular weight excluding hydrogens is 361 g/mol. The van der Waals surface area contributed by atoms with Crippen molar-refractivity contribution in [3.63, 3.8) is 0 Å². The van der Waals surface area contributed by atoms with Gasteiger partial charge in [-0.25, -0.2) is 4.39 Å². The van der Waals surface area contributed by atoms with E-state index in [4.69, 9.17) is 0 Å². The number of benzene rings is 2. The highest BCUT2D eigenvalue weighted by molar-refractivity contribution is 5.81. The Kier molecular flexibility index (Phi) is 8.15. The Labute approximate surface area is 174 Å². The maximum Gasteiger partial charge on any atom is 0.143 e. The Morgan fingerprint density at radius 3 is 2.66 bits per heavy atom. The van der Waals surface area contributed by atoms with Crippen molar-refractivity contribution in [2.75, 3.05) is 5.32 Å². The van der Waals surface area contributed by atoms with Crippen LogP contribution in [0.15, 0.2) is 42.0 Å². The number of unbranched alkanes of at least 4 members (excludes halogenated alkanes) is 1. The predicted molar refractivity (Wildman–Crippen MR) is 122 cm³/mol. The number of hydrogen-bond donors (Lipinski definition) is 1. The molecule has 0 aromatic heterocycles. The van der Waals surface area contributed by atoms with E-state index in [0.29, 0.717) is 5.69 Å². The highest BCUT2D eigenvalue weighted by Crippen LogP contribution is 2.41. The lowest BCUT2D eigenvalue weighted by Gasteiger charge is -2.22. The molecule has 29 heavy (non-hydrogen) atoms. The zero-order valence-electron chi connectivity index (χ0n) is 17.8. The maximum atomic E-state index is 14.8. The average Bonchev–Trinajstić information content (AvgIpc) is 2.72. The van der Waals surface area contributed by atoms with Crippen molar-refractivity contribution in [3.8, 4) is 17.2 Å². The number of rotatable bonds is 9. The summed E-state index contributed by atoms with van der Waals surface area (Å²) in [6.45, 7) is 11.9. The second-order valence-electron chi connectivity index (χ2n) is 7.17. The van der Waals surface area contributed by atoms with Gasteiger partial charge in [0.05, 0.1) is 11.4 Å². The Morgan fingerprint density at radius 1 is 1.31 bits per heavy atom. The smallest absolute Gasteiger partial charge is 0.143 e. The number of nitrogens with one attached hydrogen (secondary N) is 1. The molecule has 1 N–H and O–H groups in total. The van der Waals surface area contributed by atoms with Crippen LogP contribution in [0, 0.1) is 17.1 Å². The number of nitrogens with zero attached hydrogens (tertiary/aromatic N) is 2. The number of anilines is 1. The van der Waals surface area contributed by atoms with Crippen LogP contribution in [-0.2, 0) is 6.42 Å². The lowest BCUT2D eigenvalue weighted by Crippen LogP contribution is -2.06. The fourth-order valence-electron chi connectivity index (χ4n) is 3.55. The van der Waals surface area contributed by atoms with E-state index in [0.717, 1.165) is 48.1 Å². The van der Waals surface area contributed by atoms with E-state index in [1.54, 1.807) is 6.21 Å². The average molecular weight is 392 g/mol. The SMILES string of the molecule is C=CNc1c(C#N)c(F)cc(-c2ccc(CCCC)c(N=CC)c2)c1C(C)CC. The summed E-state index contributed by atoms with van der Waals surface area (Å²) in [5, 5.41) is 12.5. The fourth-order valence-corrected chi connectivity index (χ4v) is 3.55. The summed E-state index contributed by atoms with van der Waals surface area (Å²) in [6, 6.07) is 9.63. The number of hydrogen-bond acceptors (Lipinski definition) is 3. The van der Waals surface area contributed by atoms with Crippen LogP contribution in [0.5, 0.6) is 0 Å². The quantitative estimate of drug-likeness (QED) is 0.450. The van der Waals surface area contributed by atoms with Crippen LogP contribution < -0.4 is 5.32 Å². The predicted octanol–water partition coefficient (Wildman–Crippen LogP) is 7.50. The van der Waals surface area contributed by atoms with Gasteiger partial charge in [-0.3, -0.25) is 4.99 Å². The molecule has 152 valence electrons. The molecule has 0 saturated carbocycles. The van der Waals surface area contributed by atoms with Crippen LogP contribution >= 0.6 is 0 Å². The van der Waals surface area contributed by atoms with Gasteiger partial charge < -0.3 is 5.32 Å². The zero-order chi connectivity index (χ0) is 21.4. The van der Waals surface area contributed by atoms with Crippen LogP contribution in [0.3, 0.4) is 0 Å². The molecule has 0 aliphatic carbocycles. The molecule has 0 radical (unpaired) electrons. The van der Waals surface area contributed by atoms with Gasteiger partial charge in [0, 0.05) is 6.21 Å². The Hall–Kier alpha value is -2.93. The molecule has 0 spiro atoms. The van der Waals surface area contributed by atoms with Gasteiger partial charge in [0.25, 0.3) is 0 Å². The maximum absolute atomic E-state index is 14.8. The van der Waals surface area contributed by atoms with Crippen molar-refractivity contribution < 1.29 is 4.39 Å². The zero-order valence-corrected chi connectivity index (χ0v) is 17.8. The number of aryl methyl sites for hydroxylation is 1. The molecule has 0 amide bonds. The van der Waals surface area contributed by atoms with Gasteiger partial charge in [-0.1, -0.05) is 45.9 Å².